The van der Waals surface area contributed by atoms with E-state index in [4.69, 9.17) is 16.3 Å². The van der Waals surface area contributed by atoms with Crippen LogP contribution < -0.4 is 9.64 Å². The first-order valence-corrected chi connectivity index (χ1v) is 8.34. The van der Waals surface area contributed by atoms with E-state index in [2.05, 4.69) is 15.0 Å². The van der Waals surface area contributed by atoms with Gasteiger partial charge in [0.2, 0.25) is 5.28 Å². The van der Waals surface area contributed by atoms with Crippen LogP contribution in [0.3, 0.4) is 0 Å². The van der Waals surface area contributed by atoms with Crippen molar-refractivity contribution in [2.24, 2.45) is 0 Å². The molecule has 0 unspecified atom stereocenters. The van der Waals surface area contributed by atoms with Crippen molar-refractivity contribution in [3.05, 3.63) is 48.1 Å². The van der Waals surface area contributed by atoms with Crippen molar-refractivity contribution in [1.82, 2.24) is 15.0 Å². The highest BCUT2D eigenvalue weighted by Gasteiger charge is 2.44. The third-order valence-corrected chi connectivity index (χ3v) is 4.51. The summed E-state index contributed by atoms with van der Waals surface area (Å²) in [4.78, 5) is 14.4. The molecule has 5 nitrogen and oxygen atoms in total. The Morgan fingerprint density at radius 2 is 1.96 bits per heavy atom. The van der Waals surface area contributed by atoms with Crippen LogP contribution in [-0.4, -0.2) is 34.3 Å². The zero-order chi connectivity index (χ0) is 17.4. The molecule has 3 aromatic rings. The molecule has 2 aromatic heterocycles. The van der Waals surface area contributed by atoms with Gasteiger partial charge in [-0.05, 0) is 54.1 Å². The van der Waals surface area contributed by atoms with Crippen molar-refractivity contribution in [2.75, 3.05) is 18.6 Å². The Balaban J connectivity index is 1.64. The van der Waals surface area contributed by atoms with Crippen molar-refractivity contribution in [2.45, 2.75) is 18.5 Å². The van der Waals surface area contributed by atoms with Gasteiger partial charge in [0.25, 0.3) is 0 Å². The van der Waals surface area contributed by atoms with E-state index in [1.54, 1.807) is 18.6 Å². The Kier molecular flexibility index (Phi) is 3.92. The first-order chi connectivity index (χ1) is 12.0. The van der Waals surface area contributed by atoms with Gasteiger partial charge in [-0.1, -0.05) is 0 Å². The molecule has 4 rings (SSSR count). The van der Waals surface area contributed by atoms with Crippen LogP contribution in [0, 0.1) is 0 Å². The monoisotopic (exact) mass is 358 g/mol. The summed E-state index contributed by atoms with van der Waals surface area (Å²) in [5.74, 6) is 1.42. The van der Waals surface area contributed by atoms with Crippen LogP contribution >= 0.6 is 11.6 Å². The van der Waals surface area contributed by atoms with Crippen LogP contribution in [0.15, 0.2) is 42.9 Å². The molecule has 1 aliphatic rings. The third-order valence-electron chi connectivity index (χ3n) is 4.32. The molecule has 1 aliphatic carbocycles. The predicted octanol–water partition coefficient (Wildman–Crippen LogP) is 4.33. The number of ether oxygens (including phenoxy) is 1. The second-order valence-electron chi connectivity index (χ2n) is 6.23. The molecule has 0 bridgehead atoms. The fourth-order valence-electron chi connectivity index (χ4n) is 2.59. The molecule has 0 atom stereocenters. The average Bonchev–Trinajstić information content (AvgIpc) is 3.37. The summed E-state index contributed by atoms with van der Waals surface area (Å²) in [6, 6.07) is 7.57. The number of alkyl halides is 1. The maximum absolute atomic E-state index is 13.7. The lowest BCUT2D eigenvalue weighted by Gasteiger charge is -2.19. The normalized spacial score (nSPS) is 15.2. The van der Waals surface area contributed by atoms with Crippen molar-refractivity contribution >= 4 is 33.9 Å². The molecule has 1 aromatic carbocycles. The average molecular weight is 359 g/mol. The Morgan fingerprint density at radius 1 is 1.20 bits per heavy atom. The highest BCUT2D eigenvalue weighted by Crippen LogP contribution is 2.40. The summed E-state index contributed by atoms with van der Waals surface area (Å²) >= 11 is 5.74. The SMILES string of the molecule is CN(c1cnc(Cl)nc1)c1nccc2cc(OCC3(F)CC3)ccc12. The fourth-order valence-corrected chi connectivity index (χ4v) is 2.69. The summed E-state index contributed by atoms with van der Waals surface area (Å²) in [7, 11) is 1.89. The van der Waals surface area contributed by atoms with Gasteiger partial charge in [-0.15, -0.1) is 0 Å². The number of fused-ring (bicyclic) bond motifs is 1. The van der Waals surface area contributed by atoms with Crippen LogP contribution in [0.5, 0.6) is 5.75 Å². The molecule has 0 aliphatic heterocycles. The summed E-state index contributed by atoms with van der Waals surface area (Å²) in [5, 5.41) is 2.12. The second-order valence-corrected chi connectivity index (χ2v) is 6.56. The quantitative estimate of drug-likeness (QED) is 0.635. The van der Waals surface area contributed by atoms with Crippen molar-refractivity contribution < 1.29 is 9.13 Å². The molecule has 0 saturated heterocycles. The Labute approximate surface area is 149 Å². The molecular formula is C18H16ClFN4O. The number of nitrogens with zero attached hydrogens (tertiary/aromatic N) is 4. The largest absolute Gasteiger partial charge is 0.490 e. The van der Waals surface area contributed by atoms with E-state index in [-0.39, 0.29) is 11.9 Å². The number of rotatable bonds is 5. The van der Waals surface area contributed by atoms with Crippen LogP contribution in [0.2, 0.25) is 5.28 Å². The number of halogens is 2. The molecule has 1 saturated carbocycles. The number of hydrogen-bond acceptors (Lipinski definition) is 5. The van der Waals surface area contributed by atoms with Crippen molar-refractivity contribution in [1.29, 1.82) is 0 Å². The first kappa shape index (κ1) is 16.0. The van der Waals surface area contributed by atoms with E-state index in [0.29, 0.717) is 18.6 Å². The Hall–Kier alpha value is -2.47. The van der Waals surface area contributed by atoms with Crippen LogP contribution in [0.25, 0.3) is 10.8 Å². The Bertz CT molecular complexity index is 915. The minimum Gasteiger partial charge on any atom is -0.490 e. The molecule has 0 radical (unpaired) electrons. The smallest absolute Gasteiger partial charge is 0.222 e. The van der Waals surface area contributed by atoms with Gasteiger partial charge in [-0.2, -0.15) is 0 Å². The van der Waals surface area contributed by atoms with E-state index in [0.717, 1.165) is 22.3 Å². The highest BCUT2D eigenvalue weighted by molar-refractivity contribution is 6.28. The first-order valence-electron chi connectivity index (χ1n) is 7.96. The van der Waals surface area contributed by atoms with Gasteiger partial charge in [0.05, 0.1) is 18.1 Å². The molecule has 25 heavy (non-hydrogen) atoms. The third kappa shape index (κ3) is 3.35. The van der Waals surface area contributed by atoms with Crippen LogP contribution in [0.4, 0.5) is 15.9 Å². The van der Waals surface area contributed by atoms with Gasteiger partial charge in [0, 0.05) is 18.6 Å². The second kappa shape index (κ2) is 6.11. The maximum Gasteiger partial charge on any atom is 0.222 e. The van der Waals surface area contributed by atoms with E-state index >= 15 is 0 Å². The predicted molar refractivity (Wildman–Crippen MR) is 95.4 cm³/mol. The molecule has 0 N–H and O–H groups in total. The number of benzene rings is 1. The maximum atomic E-state index is 13.7. The lowest BCUT2D eigenvalue weighted by atomic mass is 10.1. The number of anilines is 2. The molecule has 0 spiro atoms. The van der Waals surface area contributed by atoms with Gasteiger partial charge in [-0.25, -0.2) is 19.3 Å². The van der Waals surface area contributed by atoms with E-state index in [1.807, 2.05) is 36.2 Å². The summed E-state index contributed by atoms with van der Waals surface area (Å²) in [5.41, 5.74) is -0.356. The fraction of sp³-hybridized carbons (Fsp3) is 0.278. The van der Waals surface area contributed by atoms with Crippen molar-refractivity contribution in [3.8, 4) is 5.75 Å². The lowest BCUT2D eigenvalue weighted by Crippen LogP contribution is -2.13. The minimum absolute atomic E-state index is 0.110. The summed E-state index contributed by atoms with van der Waals surface area (Å²) in [6.45, 7) is 0.110. The molecule has 0 amide bonds. The number of aromatic nitrogens is 3. The summed E-state index contributed by atoms with van der Waals surface area (Å²) < 4.78 is 19.3. The zero-order valence-corrected chi connectivity index (χ0v) is 14.4. The van der Waals surface area contributed by atoms with E-state index in [9.17, 15) is 4.39 Å². The van der Waals surface area contributed by atoms with Gasteiger partial charge in [-0.3, -0.25) is 0 Å². The zero-order valence-electron chi connectivity index (χ0n) is 13.6. The topological polar surface area (TPSA) is 51.1 Å². The van der Waals surface area contributed by atoms with Gasteiger partial charge >= 0.3 is 0 Å². The molecule has 7 heteroatoms. The van der Waals surface area contributed by atoms with Gasteiger partial charge in [0.1, 0.15) is 23.8 Å². The number of hydrogen-bond donors (Lipinski definition) is 0. The van der Waals surface area contributed by atoms with Crippen LogP contribution in [-0.2, 0) is 0 Å². The van der Waals surface area contributed by atoms with E-state index in [1.165, 1.54) is 0 Å². The molecule has 128 valence electrons. The molecular weight excluding hydrogens is 343 g/mol. The lowest BCUT2D eigenvalue weighted by molar-refractivity contribution is 0.178. The molecule has 1 fully saturated rings. The van der Waals surface area contributed by atoms with Gasteiger partial charge in [0.15, 0.2) is 0 Å². The summed E-state index contributed by atoms with van der Waals surface area (Å²) in [6.07, 6.45) is 6.19. The molecule has 2 heterocycles. The highest BCUT2D eigenvalue weighted by atomic mass is 35.5. The van der Waals surface area contributed by atoms with Crippen molar-refractivity contribution in [3.63, 3.8) is 0 Å². The van der Waals surface area contributed by atoms with Gasteiger partial charge < -0.3 is 9.64 Å². The Morgan fingerprint density at radius 3 is 2.68 bits per heavy atom. The minimum atomic E-state index is -1.13. The van der Waals surface area contributed by atoms with Crippen LogP contribution in [0.1, 0.15) is 12.8 Å². The number of pyridine rings is 1. The standard InChI is InChI=1S/C18H16ClFN4O/c1-24(13-9-22-17(19)23-10-13)16-15-3-2-14(8-12(15)4-7-21-16)25-11-18(20)5-6-18/h2-4,7-10H,5-6,11H2,1H3. The van der Waals surface area contributed by atoms with E-state index < -0.39 is 5.67 Å².